The summed E-state index contributed by atoms with van der Waals surface area (Å²) in [6, 6.07) is 3.56. The molecule has 0 aromatic carbocycles. The molecule has 2 rings (SSSR count). The first kappa shape index (κ1) is 14.5. The molecule has 2 unspecified atom stereocenters. The third kappa shape index (κ3) is 3.35. The summed E-state index contributed by atoms with van der Waals surface area (Å²) in [6.45, 7) is 5.41. The number of hydrogen-bond donors (Lipinski definition) is 1. The smallest absolute Gasteiger partial charge is 0.272 e. The molecule has 5 heteroatoms. The van der Waals surface area contributed by atoms with Crippen molar-refractivity contribution in [2.75, 3.05) is 19.7 Å². The number of carbonyl (C=O) groups excluding carboxylic acids is 1. The van der Waals surface area contributed by atoms with Crippen molar-refractivity contribution in [1.29, 1.82) is 0 Å². The lowest BCUT2D eigenvalue weighted by atomic mass is 10.1. The largest absolute Gasteiger partial charge is 0.375 e. The number of ether oxygens (including phenoxy) is 1. The fourth-order valence-corrected chi connectivity index (χ4v) is 2.08. The molecule has 1 saturated heterocycles. The highest BCUT2D eigenvalue weighted by Gasteiger charge is 2.28. The Bertz CT molecular complexity index is 530. The Labute approximate surface area is 119 Å². The number of hydrogen-bond acceptors (Lipinski definition) is 4. The zero-order chi connectivity index (χ0) is 14.5. The first-order chi connectivity index (χ1) is 9.61. The molecule has 1 amide bonds. The van der Waals surface area contributed by atoms with Crippen molar-refractivity contribution in [2.45, 2.75) is 26.0 Å². The van der Waals surface area contributed by atoms with Gasteiger partial charge in [0.1, 0.15) is 5.69 Å². The van der Waals surface area contributed by atoms with Crippen molar-refractivity contribution in [3.63, 3.8) is 0 Å². The zero-order valence-electron chi connectivity index (χ0n) is 11.8. The van der Waals surface area contributed by atoms with Crippen molar-refractivity contribution < 1.29 is 9.53 Å². The highest BCUT2D eigenvalue weighted by Crippen LogP contribution is 2.14. The van der Waals surface area contributed by atoms with E-state index in [1.165, 1.54) is 0 Å². The van der Waals surface area contributed by atoms with Crippen molar-refractivity contribution in [3.8, 4) is 11.8 Å². The van der Waals surface area contributed by atoms with Crippen LogP contribution in [0.15, 0.2) is 18.3 Å². The normalized spacial score (nSPS) is 22.1. The number of nitrogens with zero attached hydrogens (tertiary/aromatic N) is 2. The SMILES string of the molecule is CC1CN(C(=O)c2ccc(C#CCN)cn2)C(C)CO1. The number of aromatic nitrogens is 1. The van der Waals surface area contributed by atoms with Crippen molar-refractivity contribution in [1.82, 2.24) is 9.88 Å². The molecule has 0 saturated carbocycles. The molecular weight excluding hydrogens is 254 g/mol. The summed E-state index contributed by atoms with van der Waals surface area (Å²) in [4.78, 5) is 18.4. The van der Waals surface area contributed by atoms with E-state index >= 15 is 0 Å². The van der Waals surface area contributed by atoms with Gasteiger partial charge in [-0.05, 0) is 26.0 Å². The Balaban J connectivity index is 2.12. The van der Waals surface area contributed by atoms with Gasteiger partial charge in [0.15, 0.2) is 0 Å². The van der Waals surface area contributed by atoms with Gasteiger partial charge in [0.05, 0.1) is 25.3 Å². The summed E-state index contributed by atoms with van der Waals surface area (Å²) in [5.74, 6) is 5.57. The maximum absolute atomic E-state index is 12.4. The van der Waals surface area contributed by atoms with Gasteiger partial charge in [0.2, 0.25) is 0 Å². The first-order valence-corrected chi connectivity index (χ1v) is 6.69. The highest BCUT2D eigenvalue weighted by atomic mass is 16.5. The summed E-state index contributed by atoms with van der Waals surface area (Å²) in [5, 5.41) is 0. The molecule has 1 aliphatic rings. The summed E-state index contributed by atoms with van der Waals surface area (Å²) in [6.07, 6.45) is 1.66. The van der Waals surface area contributed by atoms with Crippen LogP contribution in [-0.4, -0.2) is 47.6 Å². The lowest BCUT2D eigenvalue weighted by Gasteiger charge is -2.36. The fraction of sp³-hybridized carbons (Fsp3) is 0.467. The second-order valence-corrected chi connectivity index (χ2v) is 4.89. The van der Waals surface area contributed by atoms with Crippen LogP contribution in [0.25, 0.3) is 0 Å². The minimum Gasteiger partial charge on any atom is -0.375 e. The van der Waals surface area contributed by atoms with E-state index in [0.717, 1.165) is 5.56 Å². The molecule has 20 heavy (non-hydrogen) atoms. The maximum Gasteiger partial charge on any atom is 0.272 e. The van der Waals surface area contributed by atoms with E-state index in [-0.39, 0.29) is 18.1 Å². The van der Waals surface area contributed by atoms with Crippen LogP contribution in [0, 0.1) is 11.8 Å². The van der Waals surface area contributed by atoms with E-state index in [2.05, 4.69) is 16.8 Å². The van der Waals surface area contributed by atoms with Gasteiger partial charge in [-0.25, -0.2) is 4.98 Å². The fourth-order valence-electron chi connectivity index (χ4n) is 2.08. The molecule has 1 fully saturated rings. The number of morpholine rings is 1. The molecule has 5 nitrogen and oxygen atoms in total. The lowest BCUT2D eigenvalue weighted by Crippen LogP contribution is -2.50. The molecule has 2 N–H and O–H groups in total. The average molecular weight is 273 g/mol. The lowest BCUT2D eigenvalue weighted by molar-refractivity contribution is -0.0389. The predicted octanol–water partition coefficient (Wildman–Crippen LogP) is 0.641. The Morgan fingerprint density at radius 3 is 3.00 bits per heavy atom. The molecule has 0 bridgehead atoms. The molecule has 1 aromatic rings. The third-order valence-corrected chi connectivity index (χ3v) is 3.19. The van der Waals surface area contributed by atoms with Crippen LogP contribution in [0.3, 0.4) is 0 Å². The second-order valence-electron chi connectivity index (χ2n) is 4.89. The topological polar surface area (TPSA) is 68.5 Å². The first-order valence-electron chi connectivity index (χ1n) is 6.69. The van der Waals surface area contributed by atoms with Crippen LogP contribution in [0.1, 0.15) is 29.9 Å². The number of rotatable bonds is 1. The summed E-state index contributed by atoms with van der Waals surface area (Å²) in [7, 11) is 0. The summed E-state index contributed by atoms with van der Waals surface area (Å²) < 4.78 is 5.53. The molecule has 106 valence electrons. The van der Waals surface area contributed by atoms with Crippen molar-refractivity contribution in [3.05, 3.63) is 29.6 Å². The quantitative estimate of drug-likeness (QED) is 0.763. The zero-order valence-corrected chi connectivity index (χ0v) is 11.8. The monoisotopic (exact) mass is 273 g/mol. The van der Waals surface area contributed by atoms with Crippen molar-refractivity contribution >= 4 is 5.91 Å². The molecule has 0 aliphatic carbocycles. The van der Waals surface area contributed by atoms with Crippen molar-refractivity contribution in [2.24, 2.45) is 5.73 Å². The van der Waals surface area contributed by atoms with Gasteiger partial charge < -0.3 is 15.4 Å². The van der Waals surface area contributed by atoms with Gasteiger partial charge in [0, 0.05) is 18.3 Å². The Kier molecular flexibility index (Phi) is 4.72. The van der Waals surface area contributed by atoms with Crippen LogP contribution < -0.4 is 5.73 Å². The summed E-state index contributed by atoms with van der Waals surface area (Å²) >= 11 is 0. The highest BCUT2D eigenvalue weighted by molar-refractivity contribution is 5.92. The molecule has 0 spiro atoms. The molecular formula is C15H19N3O2. The Hall–Kier alpha value is -1.90. The predicted molar refractivity (Wildman–Crippen MR) is 76.1 cm³/mol. The van der Waals surface area contributed by atoms with Crippen LogP contribution in [0.5, 0.6) is 0 Å². The van der Waals surface area contributed by atoms with Gasteiger partial charge >= 0.3 is 0 Å². The minimum absolute atomic E-state index is 0.0600. The van der Waals surface area contributed by atoms with E-state index < -0.39 is 0 Å². The van der Waals surface area contributed by atoms with Crippen LogP contribution in [0.2, 0.25) is 0 Å². The number of carbonyl (C=O) groups is 1. The van der Waals surface area contributed by atoms with Gasteiger partial charge in [-0.2, -0.15) is 0 Å². The second kappa shape index (κ2) is 6.51. The van der Waals surface area contributed by atoms with Gasteiger partial charge in [-0.15, -0.1) is 0 Å². The minimum atomic E-state index is -0.0639. The number of nitrogens with two attached hydrogens (primary N) is 1. The molecule has 2 heterocycles. The van der Waals surface area contributed by atoms with E-state index in [0.29, 0.717) is 25.4 Å². The van der Waals surface area contributed by atoms with E-state index in [4.69, 9.17) is 10.5 Å². The average Bonchev–Trinajstić information content (AvgIpc) is 2.47. The Morgan fingerprint density at radius 2 is 2.35 bits per heavy atom. The molecule has 2 atom stereocenters. The summed E-state index contributed by atoms with van der Waals surface area (Å²) in [5.41, 5.74) is 6.51. The van der Waals surface area contributed by atoms with Crippen LogP contribution >= 0.6 is 0 Å². The van der Waals surface area contributed by atoms with Crippen LogP contribution in [-0.2, 0) is 4.74 Å². The maximum atomic E-state index is 12.4. The van der Waals surface area contributed by atoms with E-state index in [1.54, 1.807) is 18.3 Å². The van der Waals surface area contributed by atoms with Gasteiger partial charge in [-0.1, -0.05) is 11.8 Å². The molecule has 1 aromatic heterocycles. The van der Waals surface area contributed by atoms with E-state index in [9.17, 15) is 4.79 Å². The van der Waals surface area contributed by atoms with Crippen LogP contribution in [0.4, 0.5) is 0 Å². The number of amides is 1. The van der Waals surface area contributed by atoms with E-state index in [1.807, 2.05) is 18.7 Å². The molecule has 1 aliphatic heterocycles. The van der Waals surface area contributed by atoms with Gasteiger partial charge in [0.25, 0.3) is 5.91 Å². The van der Waals surface area contributed by atoms with Gasteiger partial charge in [-0.3, -0.25) is 4.79 Å². The molecule has 0 radical (unpaired) electrons. The third-order valence-electron chi connectivity index (χ3n) is 3.19. The number of pyridine rings is 1. The standard InChI is InChI=1S/C15H19N3O2/c1-11-10-20-12(2)9-18(11)15(19)14-6-5-13(8-17-14)4-3-7-16/h5-6,8,11-12H,7,9-10,16H2,1-2H3. The Morgan fingerprint density at radius 1 is 1.55 bits per heavy atom.